The number of anilines is 1. The first-order chi connectivity index (χ1) is 20.6. The molecule has 0 fully saturated rings. The Kier molecular flexibility index (Phi) is 12.5. The number of benzene rings is 3. The van der Waals surface area contributed by atoms with E-state index in [4.69, 9.17) is 10.5 Å². The van der Waals surface area contributed by atoms with E-state index in [9.17, 15) is 23.1 Å². The molecular formula is C32H42N4O6S. The van der Waals surface area contributed by atoms with E-state index >= 15 is 0 Å². The highest BCUT2D eigenvalue weighted by Gasteiger charge is 2.34. The number of alkyl carbamates (subject to hydrolysis) is 1. The number of nitrogens with one attached hydrogen (secondary N) is 2. The summed E-state index contributed by atoms with van der Waals surface area (Å²) in [4.78, 5) is 26.0. The van der Waals surface area contributed by atoms with E-state index in [-0.39, 0.29) is 30.5 Å². The number of aliphatic hydroxyl groups excluding tert-OH is 1. The number of methoxy groups -OCH3 is 1. The van der Waals surface area contributed by atoms with Crippen molar-refractivity contribution in [2.24, 2.45) is 5.92 Å². The predicted molar refractivity (Wildman–Crippen MR) is 167 cm³/mol. The van der Waals surface area contributed by atoms with Crippen LogP contribution >= 0.6 is 0 Å². The number of carbonyl (C=O) groups is 2. The maximum Gasteiger partial charge on any atom is 0.407 e. The maximum atomic E-state index is 13.6. The van der Waals surface area contributed by atoms with Gasteiger partial charge >= 0.3 is 6.09 Å². The first-order valence-electron chi connectivity index (χ1n) is 14.3. The zero-order chi connectivity index (χ0) is 31.4. The van der Waals surface area contributed by atoms with Crippen molar-refractivity contribution in [2.45, 2.75) is 49.6 Å². The van der Waals surface area contributed by atoms with Crippen molar-refractivity contribution < 1.29 is 27.9 Å². The molecule has 0 spiro atoms. The fourth-order valence-electron chi connectivity index (χ4n) is 4.95. The van der Waals surface area contributed by atoms with Crippen LogP contribution in [0.3, 0.4) is 0 Å². The molecule has 0 bridgehead atoms. The van der Waals surface area contributed by atoms with E-state index in [0.717, 1.165) is 11.1 Å². The van der Waals surface area contributed by atoms with Gasteiger partial charge in [0.1, 0.15) is 6.04 Å². The second-order valence-corrected chi connectivity index (χ2v) is 12.6. The Balaban J connectivity index is 1.77. The van der Waals surface area contributed by atoms with Crippen LogP contribution in [-0.4, -0.2) is 68.7 Å². The zero-order valence-electron chi connectivity index (χ0n) is 24.8. The molecule has 2 amide bonds. The Hall–Kier alpha value is -3.93. The van der Waals surface area contributed by atoms with Crippen LogP contribution in [0.15, 0.2) is 89.8 Å². The number of aliphatic hydroxyl groups is 1. The Bertz CT molecular complexity index is 1360. The smallest absolute Gasteiger partial charge is 0.407 e. The summed E-state index contributed by atoms with van der Waals surface area (Å²) in [6, 6.07) is 23.1. The van der Waals surface area contributed by atoms with E-state index < -0.39 is 40.0 Å². The number of sulfonamides is 1. The highest BCUT2D eigenvalue weighted by atomic mass is 32.2. The fourth-order valence-corrected chi connectivity index (χ4v) is 6.76. The van der Waals surface area contributed by atoms with E-state index in [1.165, 1.54) is 35.7 Å². The first-order valence-corrected chi connectivity index (χ1v) is 15.7. The summed E-state index contributed by atoms with van der Waals surface area (Å²) in [5, 5.41) is 15.8. The van der Waals surface area contributed by atoms with Crippen molar-refractivity contribution in [3.8, 4) is 0 Å². The van der Waals surface area contributed by atoms with Gasteiger partial charge in [0.25, 0.3) is 0 Å². The van der Waals surface area contributed by atoms with Gasteiger partial charge in [-0.05, 0) is 54.2 Å². The first kappa shape index (κ1) is 33.6. The molecule has 0 heterocycles. The molecule has 2 atom stereocenters. The Labute approximate surface area is 254 Å². The number of nitrogens with two attached hydrogens (primary N) is 1. The van der Waals surface area contributed by atoms with Crippen LogP contribution in [0.4, 0.5) is 10.5 Å². The number of nitrogen functional groups attached to an aromatic ring is 1. The summed E-state index contributed by atoms with van der Waals surface area (Å²) in [5.74, 6) is -0.911. The Morgan fingerprint density at radius 3 is 1.98 bits per heavy atom. The van der Waals surface area contributed by atoms with Crippen LogP contribution in [0.5, 0.6) is 0 Å². The van der Waals surface area contributed by atoms with Crippen molar-refractivity contribution in [3.05, 3.63) is 96.1 Å². The minimum absolute atomic E-state index is 0.00960. The fraction of sp³-hybridized carbons (Fsp3) is 0.375. The van der Waals surface area contributed by atoms with Gasteiger partial charge in [-0.25, -0.2) is 13.2 Å². The van der Waals surface area contributed by atoms with Gasteiger partial charge in [0.05, 0.1) is 18.6 Å². The lowest BCUT2D eigenvalue weighted by atomic mass is 9.84. The lowest BCUT2D eigenvalue weighted by molar-refractivity contribution is -0.123. The molecule has 5 N–H and O–H groups in total. The third-order valence-corrected chi connectivity index (χ3v) is 8.99. The van der Waals surface area contributed by atoms with Gasteiger partial charge in [0.2, 0.25) is 15.9 Å². The largest absolute Gasteiger partial charge is 0.453 e. The number of nitrogens with zero attached hydrogens (tertiary/aromatic N) is 1. The lowest BCUT2D eigenvalue weighted by Crippen LogP contribution is -2.50. The normalized spacial score (nSPS) is 13.1. The number of hydrogen-bond donors (Lipinski definition) is 4. The molecular weight excluding hydrogens is 568 g/mol. The van der Waals surface area contributed by atoms with Crippen LogP contribution < -0.4 is 16.4 Å². The molecule has 0 saturated heterocycles. The van der Waals surface area contributed by atoms with E-state index in [2.05, 4.69) is 10.6 Å². The molecule has 3 aromatic carbocycles. The molecule has 232 valence electrons. The van der Waals surface area contributed by atoms with Gasteiger partial charge in [-0.1, -0.05) is 74.5 Å². The van der Waals surface area contributed by atoms with Gasteiger partial charge < -0.3 is 26.2 Å². The Morgan fingerprint density at radius 1 is 0.930 bits per heavy atom. The second-order valence-electron chi connectivity index (χ2n) is 10.7. The average molecular weight is 611 g/mol. The van der Waals surface area contributed by atoms with Crippen LogP contribution in [0.1, 0.15) is 43.7 Å². The van der Waals surface area contributed by atoms with Crippen LogP contribution in [0.25, 0.3) is 0 Å². The Morgan fingerprint density at radius 2 is 1.49 bits per heavy atom. The minimum Gasteiger partial charge on any atom is -0.453 e. The van der Waals surface area contributed by atoms with Crippen molar-refractivity contribution in [3.63, 3.8) is 0 Å². The number of hydrogen-bond acceptors (Lipinski definition) is 7. The van der Waals surface area contributed by atoms with Gasteiger partial charge in [-0.2, -0.15) is 4.31 Å². The van der Waals surface area contributed by atoms with E-state index in [1.807, 2.05) is 74.5 Å². The van der Waals surface area contributed by atoms with Gasteiger partial charge in [0.15, 0.2) is 0 Å². The molecule has 0 aliphatic rings. The highest BCUT2D eigenvalue weighted by molar-refractivity contribution is 7.89. The molecule has 3 rings (SSSR count). The standard InChI is InChI=1S/C32H42N4O6S/c1-23(2)21-36(43(40,41)28-18-16-26(33)17-19-28)27(22-37)15-10-20-34-31(38)30(35-32(39)42-3)29(24-11-6-4-7-12-24)25-13-8-5-9-14-25/h4-9,11-14,16-19,23,27,29-30,37H,10,15,20-22,33H2,1-3H3,(H,34,38)(H,35,39)/t27-,30-/m0/s1. The molecule has 43 heavy (non-hydrogen) atoms. The van der Waals surface area contributed by atoms with Crippen molar-refractivity contribution in [1.29, 1.82) is 0 Å². The lowest BCUT2D eigenvalue weighted by Gasteiger charge is -2.31. The number of ether oxygens (including phenoxy) is 1. The third-order valence-electron chi connectivity index (χ3n) is 7.06. The second kappa shape index (κ2) is 16.1. The third kappa shape index (κ3) is 9.28. The average Bonchev–Trinajstić information content (AvgIpc) is 3.00. The molecule has 0 aromatic heterocycles. The summed E-state index contributed by atoms with van der Waals surface area (Å²) >= 11 is 0. The molecule has 0 unspecified atom stereocenters. The van der Waals surface area contributed by atoms with Crippen molar-refractivity contribution >= 4 is 27.7 Å². The van der Waals surface area contributed by atoms with Crippen LogP contribution in [-0.2, 0) is 19.6 Å². The van der Waals surface area contributed by atoms with Gasteiger partial charge in [-0.15, -0.1) is 0 Å². The van der Waals surface area contributed by atoms with Crippen LogP contribution in [0, 0.1) is 5.92 Å². The van der Waals surface area contributed by atoms with Crippen molar-refractivity contribution in [2.75, 3.05) is 32.5 Å². The summed E-state index contributed by atoms with van der Waals surface area (Å²) in [6.07, 6.45) is -0.0579. The van der Waals surface area contributed by atoms with Crippen LogP contribution in [0.2, 0.25) is 0 Å². The summed E-state index contributed by atoms with van der Waals surface area (Å²) in [7, 11) is -2.67. The zero-order valence-corrected chi connectivity index (χ0v) is 25.7. The summed E-state index contributed by atoms with van der Waals surface area (Å²) in [6.45, 7) is 3.84. The molecule has 11 heteroatoms. The molecule has 10 nitrogen and oxygen atoms in total. The predicted octanol–water partition coefficient (Wildman–Crippen LogP) is 3.73. The monoisotopic (exact) mass is 610 g/mol. The molecule has 0 saturated carbocycles. The summed E-state index contributed by atoms with van der Waals surface area (Å²) < 4.78 is 33.2. The van der Waals surface area contributed by atoms with E-state index in [1.54, 1.807) is 0 Å². The number of amides is 2. The number of rotatable bonds is 15. The molecule has 0 aliphatic carbocycles. The maximum absolute atomic E-state index is 13.6. The van der Waals surface area contributed by atoms with Crippen molar-refractivity contribution in [1.82, 2.24) is 14.9 Å². The van der Waals surface area contributed by atoms with Gasteiger partial charge in [0, 0.05) is 30.7 Å². The molecule has 3 aromatic rings. The molecule has 0 radical (unpaired) electrons. The number of carbonyl (C=O) groups excluding carboxylic acids is 2. The topological polar surface area (TPSA) is 151 Å². The minimum atomic E-state index is -3.91. The van der Waals surface area contributed by atoms with Gasteiger partial charge in [-0.3, -0.25) is 4.79 Å². The highest BCUT2D eigenvalue weighted by Crippen LogP contribution is 2.29. The van der Waals surface area contributed by atoms with E-state index in [0.29, 0.717) is 18.5 Å². The SMILES string of the molecule is COC(=O)N[C@H](C(=O)NCCC[C@@H](CO)N(CC(C)C)S(=O)(=O)c1ccc(N)cc1)C(c1ccccc1)c1ccccc1. The quantitative estimate of drug-likeness (QED) is 0.151. The summed E-state index contributed by atoms with van der Waals surface area (Å²) in [5.41, 5.74) is 7.87. The molecule has 0 aliphatic heterocycles.